The molecule has 0 radical (unpaired) electrons. The van der Waals surface area contributed by atoms with Crippen molar-refractivity contribution in [3.8, 4) is 5.75 Å². The maximum absolute atomic E-state index is 6.09. The van der Waals surface area contributed by atoms with Crippen LogP contribution in [0.5, 0.6) is 5.75 Å². The quantitative estimate of drug-likeness (QED) is 0.828. The lowest BCUT2D eigenvalue weighted by Gasteiger charge is -2.45. The molecule has 1 unspecified atom stereocenters. The lowest BCUT2D eigenvalue weighted by Crippen LogP contribution is -2.54. The molecular weight excluding hydrogens is 260 g/mol. The highest BCUT2D eigenvalue weighted by Crippen LogP contribution is 2.31. The summed E-state index contributed by atoms with van der Waals surface area (Å²) in [7, 11) is 1.67. The van der Waals surface area contributed by atoms with Gasteiger partial charge >= 0.3 is 0 Å². The molecule has 0 aromatic heterocycles. The zero-order valence-electron chi connectivity index (χ0n) is 11.4. The SMILES string of the molecule is COc1cc(N2CCN3CCCCC3C2)ccc1Cl. The molecule has 2 aliphatic rings. The number of nitrogens with zero attached hydrogens (tertiary/aromatic N) is 2. The van der Waals surface area contributed by atoms with E-state index >= 15 is 0 Å². The van der Waals surface area contributed by atoms with Crippen LogP contribution in [0.15, 0.2) is 18.2 Å². The van der Waals surface area contributed by atoms with E-state index in [2.05, 4.69) is 21.9 Å². The fourth-order valence-electron chi connectivity index (χ4n) is 3.24. The van der Waals surface area contributed by atoms with Gasteiger partial charge in [0.2, 0.25) is 0 Å². The van der Waals surface area contributed by atoms with Crippen LogP contribution in [0, 0.1) is 0 Å². The summed E-state index contributed by atoms with van der Waals surface area (Å²) in [6.07, 6.45) is 4.07. The van der Waals surface area contributed by atoms with Gasteiger partial charge in [-0.3, -0.25) is 4.90 Å². The van der Waals surface area contributed by atoms with Gasteiger partial charge < -0.3 is 9.64 Å². The number of ether oxygens (including phenoxy) is 1. The molecule has 19 heavy (non-hydrogen) atoms. The molecule has 0 N–H and O–H groups in total. The highest BCUT2D eigenvalue weighted by Gasteiger charge is 2.29. The molecular formula is C15H21ClN2O. The third kappa shape index (κ3) is 2.67. The Morgan fingerprint density at radius 3 is 2.95 bits per heavy atom. The Hall–Kier alpha value is -0.930. The number of halogens is 1. The molecule has 1 atom stereocenters. The van der Waals surface area contributed by atoms with Gasteiger partial charge in [-0.25, -0.2) is 0 Å². The first-order valence-electron chi connectivity index (χ1n) is 7.10. The van der Waals surface area contributed by atoms with Crippen molar-refractivity contribution >= 4 is 17.3 Å². The predicted molar refractivity (Wildman–Crippen MR) is 79.4 cm³/mol. The van der Waals surface area contributed by atoms with Gasteiger partial charge in [-0.1, -0.05) is 18.0 Å². The van der Waals surface area contributed by atoms with Gasteiger partial charge in [0.15, 0.2) is 0 Å². The summed E-state index contributed by atoms with van der Waals surface area (Å²) in [5.41, 5.74) is 1.23. The minimum atomic E-state index is 0.683. The van der Waals surface area contributed by atoms with Crippen LogP contribution in [0.1, 0.15) is 19.3 Å². The molecule has 2 aliphatic heterocycles. The minimum absolute atomic E-state index is 0.683. The number of piperidine rings is 1. The summed E-state index contributed by atoms with van der Waals surface area (Å²) in [4.78, 5) is 5.11. The zero-order valence-corrected chi connectivity index (χ0v) is 12.2. The van der Waals surface area contributed by atoms with Crippen LogP contribution in [-0.4, -0.2) is 44.2 Å². The monoisotopic (exact) mass is 280 g/mol. The van der Waals surface area contributed by atoms with E-state index < -0.39 is 0 Å². The Balaban J connectivity index is 1.75. The van der Waals surface area contributed by atoms with Crippen molar-refractivity contribution in [3.63, 3.8) is 0 Å². The third-order valence-electron chi connectivity index (χ3n) is 4.34. The van der Waals surface area contributed by atoms with E-state index in [1.807, 2.05) is 6.07 Å². The van der Waals surface area contributed by atoms with Crippen LogP contribution in [0.2, 0.25) is 5.02 Å². The van der Waals surface area contributed by atoms with Crippen molar-refractivity contribution in [2.75, 3.05) is 38.2 Å². The lowest BCUT2D eigenvalue weighted by molar-refractivity contribution is 0.133. The fraction of sp³-hybridized carbons (Fsp3) is 0.600. The molecule has 2 fully saturated rings. The van der Waals surface area contributed by atoms with Gasteiger partial charge in [-0.15, -0.1) is 0 Å². The smallest absolute Gasteiger partial charge is 0.139 e. The average Bonchev–Trinajstić information content (AvgIpc) is 2.47. The summed E-state index contributed by atoms with van der Waals surface area (Å²) in [5.74, 6) is 0.769. The average molecular weight is 281 g/mol. The van der Waals surface area contributed by atoms with Gasteiger partial charge in [0, 0.05) is 37.4 Å². The first-order valence-corrected chi connectivity index (χ1v) is 7.48. The van der Waals surface area contributed by atoms with Crippen molar-refractivity contribution in [3.05, 3.63) is 23.2 Å². The van der Waals surface area contributed by atoms with E-state index in [9.17, 15) is 0 Å². The second kappa shape index (κ2) is 5.59. The summed E-state index contributed by atoms with van der Waals surface area (Å²) >= 11 is 6.09. The largest absolute Gasteiger partial charge is 0.495 e. The molecule has 4 heteroatoms. The van der Waals surface area contributed by atoms with E-state index in [1.165, 1.54) is 38.0 Å². The van der Waals surface area contributed by atoms with Crippen molar-refractivity contribution in [1.29, 1.82) is 0 Å². The Labute approximate surface area is 120 Å². The van der Waals surface area contributed by atoms with Crippen LogP contribution in [0.25, 0.3) is 0 Å². The number of anilines is 1. The molecule has 0 amide bonds. The van der Waals surface area contributed by atoms with Crippen molar-refractivity contribution in [2.24, 2.45) is 0 Å². The van der Waals surface area contributed by atoms with E-state index in [1.54, 1.807) is 7.11 Å². The number of hydrogen-bond donors (Lipinski definition) is 0. The van der Waals surface area contributed by atoms with E-state index in [4.69, 9.17) is 16.3 Å². The van der Waals surface area contributed by atoms with Crippen LogP contribution < -0.4 is 9.64 Å². The first kappa shape index (κ1) is 13.1. The number of rotatable bonds is 2. The molecule has 3 nitrogen and oxygen atoms in total. The van der Waals surface area contributed by atoms with Gasteiger partial charge in [-0.2, -0.15) is 0 Å². The van der Waals surface area contributed by atoms with Crippen molar-refractivity contribution in [1.82, 2.24) is 4.90 Å². The van der Waals surface area contributed by atoms with Crippen LogP contribution >= 0.6 is 11.6 Å². The predicted octanol–water partition coefficient (Wildman–Crippen LogP) is 3.02. The van der Waals surface area contributed by atoms with Crippen molar-refractivity contribution in [2.45, 2.75) is 25.3 Å². The Morgan fingerprint density at radius 1 is 1.21 bits per heavy atom. The number of hydrogen-bond acceptors (Lipinski definition) is 3. The number of fused-ring (bicyclic) bond motifs is 1. The maximum Gasteiger partial charge on any atom is 0.139 e. The molecule has 104 valence electrons. The standard InChI is InChI=1S/C15H21ClN2O/c1-19-15-10-12(5-6-14(15)16)18-9-8-17-7-3-2-4-13(17)11-18/h5-6,10,13H,2-4,7-9,11H2,1H3. The molecule has 0 spiro atoms. The summed E-state index contributed by atoms with van der Waals surface area (Å²) in [5, 5.41) is 0.683. The molecule has 2 saturated heterocycles. The summed E-state index contributed by atoms with van der Waals surface area (Å²) in [6.45, 7) is 4.68. The van der Waals surface area contributed by atoms with Gasteiger partial charge in [0.1, 0.15) is 5.75 Å². The van der Waals surface area contributed by atoms with Crippen LogP contribution in [0.3, 0.4) is 0 Å². The Bertz CT molecular complexity index is 452. The zero-order chi connectivity index (χ0) is 13.2. The van der Waals surface area contributed by atoms with Crippen LogP contribution in [-0.2, 0) is 0 Å². The Morgan fingerprint density at radius 2 is 2.11 bits per heavy atom. The topological polar surface area (TPSA) is 15.7 Å². The summed E-state index contributed by atoms with van der Waals surface area (Å²) < 4.78 is 5.31. The third-order valence-corrected chi connectivity index (χ3v) is 4.65. The maximum atomic E-state index is 6.09. The van der Waals surface area contributed by atoms with Gasteiger partial charge in [0.25, 0.3) is 0 Å². The lowest BCUT2D eigenvalue weighted by atomic mass is 9.99. The van der Waals surface area contributed by atoms with E-state index in [0.717, 1.165) is 24.9 Å². The number of piperazine rings is 1. The minimum Gasteiger partial charge on any atom is -0.495 e. The molecule has 0 saturated carbocycles. The number of methoxy groups -OCH3 is 1. The second-order valence-electron chi connectivity index (χ2n) is 5.45. The summed E-state index contributed by atoms with van der Waals surface area (Å²) in [6, 6.07) is 6.82. The second-order valence-corrected chi connectivity index (χ2v) is 5.86. The normalized spacial score (nSPS) is 24.1. The molecule has 1 aromatic rings. The first-order chi connectivity index (χ1) is 9.28. The number of benzene rings is 1. The highest BCUT2D eigenvalue weighted by atomic mass is 35.5. The highest BCUT2D eigenvalue weighted by molar-refractivity contribution is 6.32. The molecule has 0 bridgehead atoms. The molecule has 1 aromatic carbocycles. The fourth-order valence-corrected chi connectivity index (χ4v) is 3.43. The van der Waals surface area contributed by atoms with E-state index in [0.29, 0.717) is 5.02 Å². The molecule has 0 aliphatic carbocycles. The Kier molecular flexibility index (Phi) is 3.85. The molecule has 2 heterocycles. The van der Waals surface area contributed by atoms with Crippen molar-refractivity contribution < 1.29 is 4.74 Å². The van der Waals surface area contributed by atoms with E-state index in [-0.39, 0.29) is 0 Å². The molecule has 3 rings (SSSR count). The van der Waals surface area contributed by atoms with Crippen LogP contribution in [0.4, 0.5) is 5.69 Å². The van der Waals surface area contributed by atoms with Gasteiger partial charge in [-0.05, 0) is 31.5 Å². The van der Waals surface area contributed by atoms with Gasteiger partial charge in [0.05, 0.1) is 12.1 Å².